The fourth-order valence-corrected chi connectivity index (χ4v) is 3.94. The van der Waals surface area contributed by atoms with Gasteiger partial charge in [0, 0.05) is 43.2 Å². The fraction of sp³-hybridized carbons (Fsp3) is 0.733. The molecule has 21 heavy (non-hydrogen) atoms. The Kier molecular flexibility index (Phi) is 4.66. The van der Waals surface area contributed by atoms with Crippen molar-refractivity contribution in [2.75, 3.05) is 45.6 Å². The largest absolute Gasteiger partial charge is 0.370 e. The van der Waals surface area contributed by atoms with Gasteiger partial charge in [0.25, 0.3) is 0 Å². The Balaban J connectivity index is 1.91. The molecular weight excluding hydrogens is 282 g/mol. The lowest BCUT2D eigenvalue weighted by molar-refractivity contribution is 0.109. The molecule has 2 aliphatic rings. The fourth-order valence-electron chi connectivity index (χ4n) is 2.90. The van der Waals surface area contributed by atoms with Gasteiger partial charge in [-0.3, -0.25) is 4.90 Å². The summed E-state index contributed by atoms with van der Waals surface area (Å²) in [6.45, 7) is 6.38. The summed E-state index contributed by atoms with van der Waals surface area (Å²) in [5.74, 6) is 4.13. The highest BCUT2D eigenvalue weighted by Crippen LogP contribution is 2.34. The summed E-state index contributed by atoms with van der Waals surface area (Å²) in [6, 6.07) is 0.307. The Bertz CT molecular complexity index is 507. The first-order valence-electron chi connectivity index (χ1n) is 7.79. The molecule has 1 saturated heterocycles. The maximum atomic E-state index is 4.89. The lowest BCUT2D eigenvalue weighted by Crippen LogP contribution is -2.45. The van der Waals surface area contributed by atoms with Gasteiger partial charge in [-0.25, -0.2) is 9.97 Å². The number of rotatable bonds is 4. The first-order valence-corrected chi connectivity index (χ1v) is 8.94. The van der Waals surface area contributed by atoms with Crippen LogP contribution in [0.2, 0.25) is 0 Å². The Labute approximate surface area is 131 Å². The Morgan fingerprint density at radius 3 is 2.90 bits per heavy atom. The van der Waals surface area contributed by atoms with E-state index in [0.29, 0.717) is 6.04 Å². The maximum Gasteiger partial charge on any atom is 0.149 e. The summed E-state index contributed by atoms with van der Waals surface area (Å²) in [5.41, 5.74) is 2.56. The summed E-state index contributed by atoms with van der Waals surface area (Å²) in [7, 11) is 4.36. The molecule has 1 N–H and O–H groups in total. The quantitative estimate of drug-likeness (QED) is 0.917. The Hall–Kier alpha value is -0.850. The Morgan fingerprint density at radius 1 is 1.24 bits per heavy atom. The number of hydrogen-bond donors (Lipinski definition) is 1. The maximum absolute atomic E-state index is 4.89. The average Bonchev–Trinajstić information content (AvgIpc) is 2.95. The van der Waals surface area contributed by atoms with Crippen LogP contribution in [0.1, 0.15) is 36.5 Å². The molecule has 0 aromatic carbocycles. The van der Waals surface area contributed by atoms with Crippen molar-refractivity contribution in [3.63, 3.8) is 0 Å². The van der Waals surface area contributed by atoms with E-state index in [1.807, 2.05) is 11.8 Å². The van der Waals surface area contributed by atoms with E-state index in [1.165, 1.54) is 11.3 Å². The molecule has 5 nitrogen and oxygen atoms in total. The molecule has 0 radical (unpaired) electrons. The average molecular weight is 307 g/mol. The summed E-state index contributed by atoms with van der Waals surface area (Å²) >= 11 is 1.94. The van der Waals surface area contributed by atoms with Gasteiger partial charge in [-0.2, -0.15) is 11.8 Å². The first kappa shape index (κ1) is 15.1. The van der Waals surface area contributed by atoms with Crippen LogP contribution in [0.15, 0.2) is 0 Å². The van der Waals surface area contributed by atoms with Crippen LogP contribution in [0.25, 0.3) is 0 Å². The lowest BCUT2D eigenvalue weighted by atomic mass is 10.1. The van der Waals surface area contributed by atoms with Crippen LogP contribution in [-0.2, 0) is 11.5 Å². The second-order valence-electron chi connectivity index (χ2n) is 6.03. The van der Waals surface area contributed by atoms with E-state index in [1.54, 1.807) is 0 Å². The number of hydrogen-bond acceptors (Lipinski definition) is 6. The molecule has 0 amide bonds. The third kappa shape index (κ3) is 3.17. The molecule has 1 atom stereocenters. The summed E-state index contributed by atoms with van der Waals surface area (Å²) in [5, 5.41) is 3.50. The first-order chi connectivity index (χ1) is 10.2. The minimum absolute atomic E-state index is 0.307. The van der Waals surface area contributed by atoms with Crippen LogP contribution >= 0.6 is 11.8 Å². The molecule has 6 heteroatoms. The normalized spacial score (nSPS) is 23.3. The van der Waals surface area contributed by atoms with Gasteiger partial charge in [-0.05, 0) is 20.5 Å². The highest BCUT2D eigenvalue weighted by Gasteiger charge is 2.29. The van der Waals surface area contributed by atoms with Gasteiger partial charge < -0.3 is 10.2 Å². The predicted octanol–water partition coefficient (Wildman–Crippen LogP) is 1.96. The van der Waals surface area contributed by atoms with Gasteiger partial charge in [0.15, 0.2) is 0 Å². The van der Waals surface area contributed by atoms with Crippen LogP contribution in [0.3, 0.4) is 0 Å². The van der Waals surface area contributed by atoms with Crippen molar-refractivity contribution in [1.82, 2.24) is 19.8 Å². The van der Waals surface area contributed by atoms with E-state index < -0.39 is 0 Å². The van der Waals surface area contributed by atoms with E-state index in [4.69, 9.17) is 9.97 Å². The molecule has 0 spiro atoms. The number of nitrogens with zero attached hydrogens (tertiary/aromatic N) is 4. The van der Waals surface area contributed by atoms with E-state index in [2.05, 4.69) is 36.1 Å². The number of aromatic nitrogens is 2. The van der Waals surface area contributed by atoms with Crippen LogP contribution < -0.4 is 5.32 Å². The molecule has 0 bridgehead atoms. The zero-order chi connectivity index (χ0) is 14.8. The third-order valence-corrected chi connectivity index (χ3v) is 5.26. The molecule has 3 heterocycles. The SMILES string of the molecule is CCCNc1nc(C2CN(C)CCN2C)nc2c1CSC2. The number of nitrogens with one attached hydrogen (secondary N) is 1. The van der Waals surface area contributed by atoms with Gasteiger partial charge in [0.2, 0.25) is 0 Å². The number of likely N-dealkylation sites (N-methyl/N-ethyl adjacent to an activating group) is 2. The van der Waals surface area contributed by atoms with E-state index >= 15 is 0 Å². The molecule has 1 unspecified atom stereocenters. The minimum Gasteiger partial charge on any atom is -0.370 e. The third-order valence-electron chi connectivity index (χ3n) is 4.29. The molecule has 3 rings (SSSR count). The summed E-state index contributed by atoms with van der Waals surface area (Å²) in [4.78, 5) is 14.5. The second kappa shape index (κ2) is 6.50. The Morgan fingerprint density at radius 2 is 2.10 bits per heavy atom. The molecular formula is C15H25N5S. The second-order valence-corrected chi connectivity index (χ2v) is 7.02. The van der Waals surface area contributed by atoms with Crippen molar-refractivity contribution in [3.8, 4) is 0 Å². The molecule has 0 aliphatic carbocycles. The van der Waals surface area contributed by atoms with Crippen molar-refractivity contribution in [3.05, 3.63) is 17.1 Å². The topological polar surface area (TPSA) is 44.3 Å². The molecule has 0 saturated carbocycles. The van der Waals surface area contributed by atoms with E-state index in [9.17, 15) is 0 Å². The summed E-state index contributed by atoms with van der Waals surface area (Å²) in [6.07, 6.45) is 1.12. The van der Waals surface area contributed by atoms with E-state index in [0.717, 1.165) is 55.7 Å². The standard InChI is InChI=1S/C15H25N5S/c1-4-5-16-14-11-9-21-10-12(11)17-15(18-14)13-8-19(2)6-7-20(13)3/h13H,4-10H2,1-3H3,(H,16,17,18). The number of piperazine rings is 1. The number of anilines is 1. The van der Waals surface area contributed by atoms with Crippen molar-refractivity contribution in [2.24, 2.45) is 0 Å². The monoisotopic (exact) mass is 307 g/mol. The van der Waals surface area contributed by atoms with Crippen molar-refractivity contribution in [1.29, 1.82) is 0 Å². The molecule has 1 aromatic heterocycles. The minimum atomic E-state index is 0.307. The van der Waals surface area contributed by atoms with Crippen LogP contribution in [0.5, 0.6) is 0 Å². The highest BCUT2D eigenvalue weighted by molar-refractivity contribution is 7.98. The van der Waals surface area contributed by atoms with Gasteiger partial charge in [0.05, 0.1) is 11.7 Å². The van der Waals surface area contributed by atoms with Gasteiger partial charge in [-0.1, -0.05) is 6.92 Å². The van der Waals surface area contributed by atoms with Crippen LogP contribution in [-0.4, -0.2) is 60.0 Å². The van der Waals surface area contributed by atoms with Gasteiger partial charge in [-0.15, -0.1) is 0 Å². The molecule has 116 valence electrons. The number of thioether (sulfide) groups is 1. The van der Waals surface area contributed by atoms with Crippen molar-refractivity contribution >= 4 is 17.6 Å². The zero-order valence-corrected chi connectivity index (χ0v) is 14.0. The van der Waals surface area contributed by atoms with Crippen LogP contribution in [0.4, 0.5) is 5.82 Å². The van der Waals surface area contributed by atoms with Gasteiger partial charge in [0.1, 0.15) is 11.6 Å². The predicted molar refractivity (Wildman–Crippen MR) is 88.7 cm³/mol. The lowest BCUT2D eigenvalue weighted by Gasteiger charge is -2.36. The van der Waals surface area contributed by atoms with Crippen molar-refractivity contribution in [2.45, 2.75) is 30.9 Å². The van der Waals surface area contributed by atoms with Crippen molar-refractivity contribution < 1.29 is 0 Å². The van der Waals surface area contributed by atoms with Crippen LogP contribution in [0, 0.1) is 0 Å². The molecule has 1 fully saturated rings. The molecule has 2 aliphatic heterocycles. The molecule has 1 aromatic rings. The van der Waals surface area contributed by atoms with E-state index in [-0.39, 0.29) is 0 Å². The zero-order valence-electron chi connectivity index (χ0n) is 13.2. The number of fused-ring (bicyclic) bond motifs is 1. The highest BCUT2D eigenvalue weighted by atomic mass is 32.2. The van der Waals surface area contributed by atoms with Gasteiger partial charge >= 0.3 is 0 Å². The smallest absolute Gasteiger partial charge is 0.149 e. The summed E-state index contributed by atoms with van der Waals surface area (Å²) < 4.78 is 0.